The van der Waals surface area contributed by atoms with Crippen molar-refractivity contribution in [2.24, 2.45) is 5.41 Å². The van der Waals surface area contributed by atoms with Crippen LogP contribution in [0.4, 0.5) is 10.1 Å². The van der Waals surface area contributed by atoms with Crippen LogP contribution in [0.25, 0.3) is 16.8 Å². The number of aryl methyl sites for hydroxylation is 2. The van der Waals surface area contributed by atoms with Gasteiger partial charge in [0.2, 0.25) is 23.2 Å². The number of hydrogen-bond donors (Lipinski definition) is 1. The second-order valence-electron chi connectivity index (χ2n) is 9.79. The van der Waals surface area contributed by atoms with Gasteiger partial charge in [0.05, 0.1) is 41.4 Å². The number of ether oxygens (including phenoxy) is 1. The number of halogens is 1. The van der Waals surface area contributed by atoms with Crippen LogP contribution in [0.2, 0.25) is 0 Å². The van der Waals surface area contributed by atoms with Crippen molar-refractivity contribution in [1.29, 1.82) is 0 Å². The molecule has 0 aliphatic carbocycles. The van der Waals surface area contributed by atoms with Gasteiger partial charge in [-0.1, -0.05) is 5.16 Å². The van der Waals surface area contributed by atoms with Crippen molar-refractivity contribution in [3.8, 4) is 5.82 Å². The van der Waals surface area contributed by atoms with Crippen LogP contribution in [0.15, 0.2) is 16.7 Å². The van der Waals surface area contributed by atoms with E-state index in [1.54, 1.807) is 22.6 Å². The van der Waals surface area contributed by atoms with E-state index in [0.29, 0.717) is 16.8 Å². The van der Waals surface area contributed by atoms with Crippen LogP contribution >= 0.6 is 0 Å². The molecule has 1 aromatic carbocycles. The molecule has 4 atom stereocenters. The summed E-state index contributed by atoms with van der Waals surface area (Å²) in [7, 11) is 0. The van der Waals surface area contributed by atoms with Gasteiger partial charge in [-0.05, 0) is 51.8 Å². The monoisotopic (exact) mass is 481 g/mol. The number of rotatable bonds is 1. The molecule has 0 saturated carbocycles. The molecule has 3 aliphatic rings. The molecule has 2 amide bonds. The summed E-state index contributed by atoms with van der Waals surface area (Å²) in [6.45, 7) is 7.58. The predicted molar refractivity (Wildman–Crippen MR) is 121 cm³/mol. The second-order valence-corrected chi connectivity index (χ2v) is 9.79. The number of ketones is 1. The lowest BCUT2D eigenvalue weighted by molar-refractivity contribution is -0.158. The molecule has 5 heterocycles. The van der Waals surface area contributed by atoms with Crippen LogP contribution in [0.1, 0.15) is 37.2 Å². The van der Waals surface area contributed by atoms with E-state index in [-0.39, 0.29) is 30.3 Å². The van der Waals surface area contributed by atoms with E-state index >= 15 is 4.39 Å². The van der Waals surface area contributed by atoms with Gasteiger partial charge in [0.15, 0.2) is 11.6 Å². The molecule has 182 valence electrons. The third-order valence-corrected chi connectivity index (χ3v) is 7.37. The number of hydrogen-bond acceptors (Lipinski definition) is 8. The summed E-state index contributed by atoms with van der Waals surface area (Å²) < 4.78 is 29.2. The molecule has 0 bridgehead atoms. The highest BCUT2D eigenvalue weighted by Gasteiger charge is 2.62. The number of piperidine rings is 1. The largest absolute Gasteiger partial charge is 0.372 e. The fourth-order valence-corrected chi connectivity index (χ4v) is 6.13. The van der Waals surface area contributed by atoms with E-state index < -0.39 is 47.4 Å². The molecule has 1 spiro atoms. The first-order chi connectivity index (χ1) is 16.6. The maximum Gasteiger partial charge on any atom is 0.242 e. The third-order valence-electron chi connectivity index (χ3n) is 7.37. The summed E-state index contributed by atoms with van der Waals surface area (Å²) in [6.07, 6.45) is -1.33. The summed E-state index contributed by atoms with van der Waals surface area (Å²) in [6, 6.07) is 2.81. The maximum atomic E-state index is 16.1. The number of fused-ring (bicyclic) bond motifs is 5. The van der Waals surface area contributed by atoms with Crippen LogP contribution in [0, 0.1) is 25.1 Å². The highest BCUT2D eigenvalue weighted by atomic mass is 19.1. The number of carbonyl (C=O) groups excluding carboxylic acids is 3. The van der Waals surface area contributed by atoms with E-state index in [9.17, 15) is 14.4 Å². The Hall–Kier alpha value is -3.60. The Kier molecular flexibility index (Phi) is 4.51. The molecule has 3 aliphatic heterocycles. The molecule has 35 heavy (non-hydrogen) atoms. The van der Waals surface area contributed by atoms with E-state index in [0.717, 1.165) is 11.4 Å². The minimum absolute atomic E-state index is 0.0256. The topological polar surface area (TPSA) is 120 Å². The van der Waals surface area contributed by atoms with Gasteiger partial charge < -0.3 is 14.2 Å². The molecule has 1 unspecified atom stereocenters. The fraction of sp³-hybridized carbons (Fsp3) is 0.458. The number of Topliss-reactive ketones (excluding diaryl/α,β-unsaturated/α-hetero) is 1. The van der Waals surface area contributed by atoms with Crippen LogP contribution in [0.3, 0.4) is 0 Å². The summed E-state index contributed by atoms with van der Waals surface area (Å²) in [5.41, 5.74) is 0.686. The quantitative estimate of drug-likeness (QED) is 0.414. The molecular weight excluding hydrogens is 457 g/mol. The van der Waals surface area contributed by atoms with Crippen molar-refractivity contribution < 1.29 is 28.0 Å². The van der Waals surface area contributed by atoms with Gasteiger partial charge in [0, 0.05) is 12.2 Å². The number of benzene rings is 1. The van der Waals surface area contributed by atoms with Crippen LogP contribution in [0.5, 0.6) is 0 Å². The van der Waals surface area contributed by atoms with E-state index in [4.69, 9.17) is 9.26 Å². The maximum absolute atomic E-state index is 16.1. The molecule has 6 rings (SSSR count). The summed E-state index contributed by atoms with van der Waals surface area (Å²) in [5, 5.41) is 11.3. The molecule has 2 aromatic heterocycles. The molecule has 1 N–H and O–H groups in total. The summed E-state index contributed by atoms with van der Waals surface area (Å²) in [5.74, 6) is -2.08. The average molecular weight is 481 g/mol. The Morgan fingerprint density at radius 3 is 2.66 bits per heavy atom. The van der Waals surface area contributed by atoms with Crippen LogP contribution in [-0.4, -0.2) is 57.3 Å². The molecule has 2 fully saturated rings. The second kappa shape index (κ2) is 7.20. The van der Waals surface area contributed by atoms with E-state index in [1.807, 2.05) is 26.8 Å². The number of morpholine rings is 1. The van der Waals surface area contributed by atoms with Gasteiger partial charge in [-0.25, -0.2) is 9.07 Å². The molecule has 11 heteroatoms. The Labute approximate surface area is 199 Å². The lowest BCUT2D eigenvalue weighted by Gasteiger charge is -2.55. The predicted octanol–water partition coefficient (Wildman–Crippen LogP) is 1.91. The number of amides is 2. The van der Waals surface area contributed by atoms with E-state index in [1.165, 1.54) is 0 Å². The first kappa shape index (κ1) is 21.9. The number of nitrogens with one attached hydrogen (secondary N) is 1. The van der Waals surface area contributed by atoms with Crippen molar-refractivity contribution in [3.63, 3.8) is 0 Å². The Morgan fingerprint density at radius 1 is 1.20 bits per heavy atom. The molecule has 10 nitrogen and oxygen atoms in total. The van der Waals surface area contributed by atoms with Crippen molar-refractivity contribution in [2.75, 3.05) is 11.4 Å². The average Bonchev–Trinajstić information content (AvgIpc) is 3.33. The minimum atomic E-state index is -1.59. The Bertz CT molecular complexity index is 1420. The highest BCUT2D eigenvalue weighted by Crippen LogP contribution is 2.50. The number of nitrogens with zero attached hydrogens (tertiary/aromatic N) is 4. The lowest BCUT2D eigenvalue weighted by Crippen LogP contribution is -2.72. The first-order valence-corrected chi connectivity index (χ1v) is 11.6. The highest BCUT2D eigenvalue weighted by molar-refractivity contribution is 6.22. The summed E-state index contributed by atoms with van der Waals surface area (Å²) >= 11 is 0. The van der Waals surface area contributed by atoms with Crippen molar-refractivity contribution >= 4 is 34.3 Å². The normalized spacial score (nSPS) is 28.4. The van der Waals surface area contributed by atoms with E-state index in [2.05, 4.69) is 15.6 Å². The zero-order chi connectivity index (χ0) is 24.8. The van der Waals surface area contributed by atoms with Gasteiger partial charge in [0.1, 0.15) is 5.41 Å². The molecule has 3 aromatic rings. The van der Waals surface area contributed by atoms with Gasteiger partial charge in [-0.2, -0.15) is 5.10 Å². The van der Waals surface area contributed by atoms with Gasteiger partial charge in [-0.3, -0.25) is 19.7 Å². The molecular formula is C24H24FN5O5. The van der Waals surface area contributed by atoms with Crippen molar-refractivity contribution in [1.82, 2.24) is 20.3 Å². The third kappa shape index (κ3) is 2.87. The van der Waals surface area contributed by atoms with Crippen molar-refractivity contribution in [3.05, 3.63) is 34.9 Å². The SMILES string of the molecule is Cc1cc(C)n(-c2noc3c(F)c4c(cc23)CC2(C(=O)CC(=O)NC2=O)[C@H]2[C@H](C)O[C@H](C)CN42)n1. The van der Waals surface area contributed by atoms with Gasteiger partial charge >= 0.3 is 0 Å². The van der Waals surface area contributed by atoms with Gasteiger partial charge in [0.25, 0.3) is 0 Å². The van der Waals surface area contributed by atoms with Crippen LogP contribution < -0.4 is 10.2 Å². The smallest absolute Gasteiger partial charge is 0.242 e. The number of imide groups is 1. The molecule has 2 saturated heterocycles. The Balaban J connectivity index is 1.61. The number of carbonyl (C=O) groups is 3. The Morgan fingerprint density at radius 2 is 1.97 bits per heavy atom. The lowest BCUT2D eigenvalue weighted by atomic mass is 9.63. The zero-order valence-corrected chi connectivity index (χ0v) is 19.7. The zero-order valence-electron chi connectivity index (χ0n) is 19.7. The standard InChI is InChI=1S/C24H24FN5O5/c1-10-5-11(2)30(27-10)22-15-6-14-8-24(16(31)7-17(32)26-23(24)33)21-13(4)34-12(3)9-29(21)19(14)18(25)20(15)35-28-22/h5-6,12-13,21H,7-9H2,1-4H3,(H,26,32,33)/t12-,13+,21-,24?/m1/s1. The summed E-state index contributed by atoms with van der Waals surface area (Å²) in [4.78, 5) is 40.5. The first-order valence-electron chi connectivity index (χ1n) is 11.6. The minimum Gasteiger partial charge on any atom is -0.372 e. The number of aromatic nitrogens is 3. The molecule has 0 radical (unpaired) electrons. The van der Waals surface area contributed by atoms with Crippen LogP contribution in [-0.2, 0) is 25.5 Å². The number of anilines is 1. The fourth-order valence-electron chi connectivity index (χ4n) is 6.13. The van der Waals surface area contributed by atoms with Gasteiger partial charge in [-0.15, -0.1) is 0 Å². The van der Waals surface area contributed by atoms with Crippen molar-refractivity contribution in [2.45, 2.75) is 58.8 Å².